The second kappa shape index (κ2) is 8.39. The minimum atomic E-state index is -1.02. The first kappa shape index (κ1) is 17.1. The van der Waals surface area contributed by atoms with E-state index in [1.807, 2.05) is 54.6 Å². The molecule has 1 aliphatic rings. The molecule has 6 nitrogen and oxygen atoms in total. The van der Waals surface area contributed by atoms with Crippen molar-refractivity contribution in [2.75, 3.05) is 13.1 Å². The van der Waals surface area contributed by atoms with E-state index in [1.54, 1.807) is 5.01 Å². The molecule has 0 aliphatic carbocycles. The highest BCUT2D eigenvalue weighted by Gasteiger charge is 2.21. The number of carbonyl (C=O) groups is 1. The van der Waals surface area contributed by atoms with Crippen LogP contribution in [0.15, 0.2) is 54.6 Å². The lowest BCUT2D eigenvalue weighted by molar-refractivity contribution is 0.0679. The summed E-state index contributed by atoms with van der Waals surface area (Å²) in [6.07, 6.45) is 0.646. The van der Waals surface area contributed by atoms with Crippen molar-refractivity contribution >= 4 is 6.09 Å². The van der Waals surface area contributed by atoms with Gasteiger partial charge in [-0.25, -0.2) is 9.80 Å². The molecule has 0 spiro atoms. The Bertz CT molecular complexity index is 668. The standard InChI is InChI=1S/C19H22N2O4/c22-19(23)20-21-12-10-18(11-13-21)25-17-8-6-16(7-9-17)24-14-15-4-2-1-3-5-15/h1-9,18,20H,10-14H2,(H,22,23). The summed E-state index contributed by atoms with van der Waals surface area (Å²) in [7, 11) is 0. The van der Waals surface area contributed by atoms with Crippen LogP contribution in [0, 0.1) is 0 Å². The largest absolute Gasteiger partial charge is 0.490 e. The summed E-state index contributed by atoms with van der Waals surface area (Å²) in [5, 5.41) is 10.4. The Morgan fingerprint density at radius 1 is 1.04 bits per heavy atom. The van der Waals surface area contributed by atoms with Crippen molar-refractivity contribution in [3.8, 4) is 11.5 Å². The van der Waals surface area contributed by atoms with Crippen LogP contribution in [0.2, 0.25) is 0 Å². The number of hydrogen-bond acceptors (Lipinski definition) is 4. The summed E-state index contributed by atoms with van der Waals surface area (Å²) in [6, 6.07) is 17.6. The van der Waals surface area contributed by atoms with Gasteiger partial charge in [0.05, 0.1) is 0 Å². The van der Waals surface area contributed by atoms with E-state index in [0.717, 1.165) is 29.9 Å². The molecule has 25 heavy (non-hydrogen) atoms. The summed E-state index contributed by atoms with van der Waals surface area (Å²) >= 11 is 0. The van der Waals surface area contributed by atoms with Gasteiger partial charge >= 0.3 is 6.09 Å². The van der Waals surface area contributed by atoms with E-state index >= 15 is 0 Å². The second-order valence-corrected chi connectivity index (χ2v) is 5.97. The average molecular weight is 342 g/mol. The molecule has 1 saturated heterocycles. The fourth-order valence-electron chi connectivity index (χ4n) is 2.77. The van der Waals surface area contributed by atoms with Gasteiger partial charge in [-0.15, -0.1) is 0 Å². The van der Waals surface area contributed by atoms with Crippen molar-refractivity contribution in [3.63, 3.8) is 0 Å². The molecule has 1 aliphatic heterocycles. The molecular formula is C19H22N2O4. The van der Waals surface area contributed by atoms with Crippen LogP contribution in [0.3, 0.4) is 0 Å². The Morgan fingerprint density at radius 2 is 1.68 bits per heavy atom. The van der Waals surface area contributed by atoms with Crippen LogP contribution < -0.4 is 14.9 Å². The highest BCUT2D eigenvalue weighted by Crippen LogP contribution is 2.22. The van der Waals surface area contributed by atoms with Crippen LogP contribution in [-0.4, -0.2) is 35.4 Å². The smallest absolute Gasteiger partial charge is 0.419 e. The molecule has 0 bridgehead atoms. The van der Waals surface area contributed by atoms with E-state index in [1.165, 1.54) is 0 Å². The third-order valence-corrected chi connectivity index (χ3v) is 4.07. The zero-order valence-corrected chi connectivity index (χ0v) is 13.9. The maximum atomic E-state index is 10.6. The predicted molar refractivity (Wildman–Crippen MR) is 93.6 cm³/mol. The first-order valence-electron chi connectivity index (χ1n) is 8.37. The molecule has 1 heterocycles. The lowest BCUT2D eigenvalue weighted by Crippen LogP contribution is -2.48. The Kier molecular flexibility index (Phi) is 5.74. The molecule has 2 aromatic rings. The molecule has 1 amide bonds. The van der Waals surface area contributed by atoms with Crippen LogP contribution in [0.4, 0.5) is 4.79 Å². The summed E-state index contributed by atoms with van der Waals surface area (Å²) < 4.78 is 11.7. The quantitative estimate of drug-likeness (QED) is 0.843. The van der Waals surface area contributed by atoms with Gasteiger partial charge in [0.2, 0.25) is 0 Å². The normalized spacial score (nSPS) is 15.5. The van der Waals surface area contributed by atoms with Crippen molar-refractivity contribution in [2.45, 2.75) is 25.6 Å². The fraction of sp³-hybridized carbons (Fsp3) is 0.316. The van der Waals surface area contributed by atoms with Crippen LogP contribution in [0.25, 0.3) is 0 Å². The van der Waals surface area contributed by atoms with Gasteiger partial charge in [0.15, 0.2) is 0 Å². The molecule has 0 unspecified atom stereocenters. The topological polar surface area (TPSA) is 71.0 Å². The van der Waals surface area contributed by atoms with Gasteiger partial charge in [0.1, 0.15) is 24.2 Å². The van der Waals surface area contributed by atoms with Gasteiger partial charge < -0.3 is 14.6 Å². The summed E-state index contributed by atoms with van der Waals surface area (Å²) in [5.41, 5.74) is 3.51. The van der Waals surface area contributed by atoms with E-state index in [4.69, 9.17) is 14.6 Å². The minimum absolute atomic E-state index is 0.0999. The van der Waals surface area contributed by atoms with Crippen LogP contribution in [0.1, 0.15) is 18.4 Å². The average Bonchev–Trinajstić information content (AvgIpc) is 2.63. The van der Waals surface area contributed by atoms with E-state index in [0.29, 0.717) is 19.7 Å². The van der Waals surface area contributed by atoms with Crippen molar-refractivity contribution < 1.29 is 19.4 Å². The maximum absolute atomic E-state index is 10.6. The van der Waals surface area contributed by atoms with Crippen molar-refractivity contribution in [3.05, 3.63) is 60.2 Å². The Balaban J connectivity index is 1.44. The van der Waals surface area contributed by atoms with E-state index < -0.39 is 6.09 Å². The number of ether oxygens (including phenoxy) is 2. The van der Waals surface area contributed by atoms with Gasteiger partial charge in [-0.3, -0.25) is 5.43 Å². The van der Waals surface area contributed by atoms with Crippen molar-refractivity contribution in [1.29, 1.82) is 0 Å². The number of nitrogens with zero attached hydrogens (tertiary/aromatic N) is 1. The molecule has 0 saturated carbocycles. The van der Waals surface area contributed by atoms with Crippen LogP contribution in [0.5, 0.6) is 11.5 Å². The monoisotopic (exact) mass is 342 g/mol. The van der Waals surface area contributed by atoms with Crippen molar-refractivity contribution in [1.82, 2.24) is 10.4 Å². The van der Waals surface area contributed by atoms with Gasteiger partial charge in [-0.1, -0.05) is 30.3 Å². The lowest BCUT2D eigenvalue weighted by atomic mass is 10.1. The van der Waals surface area contributed by atoms with Gasteiger partial charge in [0.25, 0.3) is 0 Å². The molecule has 2 N–H and O–H groups in total. The number of piperidine rings is 1. The fourth-order valence-corrected chi connectivity index (χ4v) is 2.77. The molecular weight excluding hydrogens is 320 g/mol. The SMILES string of the molecule is O=C(O)NN1CCC(Oc2ccc(OCc3ccccc3)cc2)CC1. The highest BCUT2D eigenvalue weighted by atomic mass is 16.5. The van der Waals surface area contributed by atoms with E-state index in [-0.39, 0.29) is 6.10 Å². The molecule has 0 radical (unpaired) electrons. The summed E-state index contributed by atoms with van der Waals surface area (Å²) in [5.74, 6) is 1.60. The number of benzene rings is 2. The molecule has 3 rings (SSSR count). The summed E-state index contributed by atoms with van der Waals surface area (Å²) in [6.45, 7) is 1.83. The number of rotatable bonds is 6. The van der Waals surface area contributed by atoms with E-state index in [2.05, 4.69) is 5.43 Å². The van der Waals surface area contributed by atoms with Gasteiger partial charge in [0, 0.05) is 13.1 Å². The number of amides is 1. The van der Waals surface area contributed by atoms with E-state index in [9.17, 15) is 4.79 Å². The third kappa shape index (κ3) is 5.39. The minimum Gasteiger partial charge on any atom is -0.490 e. The Morgan fingerprint density at radius 3 is 2.32 bits per heavy atom. The first-order chi connectivity index (χ1) is 12.2. The first-order valence-corrected chi connectivity index (χ1v) is 8.37. The third-order valence-electron chi connectivity index (χ3n) is 4.07. The molecule has 0 aromatic heterocycles. The molecule has 1 fully saturated rings. The Hall–Kier alpha value is -2.73. The zero-order chi connectivity index (χ0) is 17.5. The second-order valence-electron chi connectivity index (χ2n) is 5.97. The molecule has 2 aromatic carbocycles. The number of nitrogens with one attached hydrogen (secondary N) is 1. The predicted octanol–water partition coefficient (Wildman–Crippen LogP) is 3.29. The van der Waals surface area contributed by atoms with Gasteiger partial charge in [-0.2, -0.15) is 0 Å². The Labute approximate surface area is 146 Å². The lowest BCUT2D eigenvalue weighted by Gasteiger charge is -2.31. The highest BCUT2D eigenvalue weighted by molar-refractivity contribution is 5.63. The molecule has 0 atom stereocenters. The number of hydrogen-bond donors (Lipinski definition) is 2. The van der Waals surface area contributed by atoms with Gasteiger partial charge in [-0.05, 0) is 42.7 Å². The van der Waals surface area contributed by atoms with Crippen molar-refractivity contribution in [2.24, 2.45) is 0 Å². The summed E-state index contributed by atoms with van der Waals surface area (Å²) in [4.78, 5) is 10.6. The number of carboxylic acid groups (broad SMARTS) is 1. The molecule has 6 heteroatoms. The zero-order valence-electron chi connectivity index (χ0n) is 13.9. The molecule has 132 valence electrons. The number of hydrazine groups is 1. The van der Waals surface area contributed by atoms with Crippen LogP contribution >= 0.6 is 0 Å². The maximum Gasteiger partial charge on any atom is 0.419 e. The van der Waals surface area contributed by atoms with Crippen LogP contribution in [-0.2, 0) is 6.61 Å².